The fraction of sp³-hybridized carbons (Fsp3) is 0.353. The Kier molecular flexibility index (Phi) is 4.41. The minimum atomic E-state index is -0.143. The van der Waals surface area contributed by atoms with Gasteiger partial charge in [-0.05, 0) is 24.1 Å². The van der Waals surface area contributed by atoms with Gasteiger partial charge in [0.1, 0.15) is 12.4 Å². The van der Waals surface area contributed by atoms with Gasteiger partial charge in [0, 0.05) is 12.4 Å². The maximum atomic E-state index is 12.3. The number of hydrogen-bond acceptors (Lipinski definition) is 3. The zero-order valence-electron chi connectivity index (χ0n) is 13.4. The van der Waals surface area contributed by atoms with E-state index in [-0.39, 0.29) is 24.4 Å². The number of amides is 1. The van der Waals surface area contributed by atoms with Crippen LogP contribution in [0.5, 0.6) is 0 Å². The predicted molar refractivity (Wildman–Crippen MR) is 88.7 cm³/mol. The van der Waals surface area contributed by atoms with Gasteiger partial charge in [0.05, 0.1) is 17.1 Å². The molecule has 0 aliphatic heterocycles. The number of carbonyl (C=O) groups is 1. The van der Waals surface area contributed by atoms with Gasteiger partial charge in [-0.3, -0.25) is 9.48 Å². The van der Waals surface area contributed by atoms with Crippen LogP contribution in [-0.4, -0.2) is 25.7 Å². The highest BCUT2D eigenvalue weighted by Gasteiger charge is 2.23. The Hall–Kier alpha value is -2.63. The summed E-state index contributed by atoms with van der Waals surface area (Å²) in [5.74, 6) is 1.01. The van der Waals surface area contributed by atoms with Crippen LogP contribution in [0, 0.1) is 5.92 Å². The van der Waals surface area contributed by atoms with E-state index in [1.165, 1.54) is 0 Å². The summed E-state index contributed by atoms with van der Waals surface area (Å²) < 4.78 is 1.61. The molecule has 0 bridgehead atoms. The number of rotatable bonds is 6. The van der Waals surface area contributed by atoms with E-state index >= 15 is 0 Å². The first-order valence-corrected chi connectivity index (χ1v) is 7.88. The first-order chi connectivity index (χ1) is 11.2. The van der Waals surface area contributed by atoms with E-state index in [1.807, 2.05) is 24.3 Å². The van der Waals surface area contributed by atoms with Crippen molar-refractivity contribution in [3.8, 4) is 0 Å². The molecular weight excluding hydrogens is 290 g/mol. The number of nitrogens with zero attached hydrogens (tertiary/aromatic N) is 3. The third-order valence-corrected chi connectivity index (χ3v) is 4.10. The molecule has 0 unspecified atom stereocenters. The van der Waals surface area contributed by atoms with E-state index in [1.54, 1.807) is 23.1 Å². The van der Waals surface area contributed by atoms with E-state index < -0.39 is 0 Å². The average Bonchev–Trinajstić information content (AvgIpc) is 3.20. The number of fused-ring (bicyclic) bond motifs is 1. The SMILES string of the molecule is CC[C@H](C)[C@@H](NC(=O)Cn1cccn1)c1nc2ccccc2[nH]1. The summed E-state index contributed by atoms with van der Waals surface area (Å²) in [7, 11) is 0. The Morgan fingerprint density at radius 1 is 1.35 bits per heavy atom. The summed E-state index contributed by atoms with van der Waals surface area (Å²) in [6.07, 6.45) is 4.39. The first kappa shape index (κ1) is 15.3. The van der Waals surface area contributed by atoms with E-state index in [0.717, 1.165) is 23.3 Å². The molecule has 120 valence electrons. The average molecular weight is 311 g/mol. The van der Waals surface area contributed by atoms with Crippen molar-refractivity contribution in [1.29, 1.82) is 0 Å². The third-order valence-electron chi connectivity index (χ3n) is 4.10. The second-order valence-corrected chi connectivity index (χ2v) is 5.77. The van der Waals surface area contributed by atoms with Crippen LogP contribution in [-0.2, 0) is 11.3 Å². The van der Waals surface area contributed by atoms with Gasteiger partial charge < -0.3 is 10.3 Å². The highest BCUT2D eigenvalue weighted by atomic mass is 16.2. The Labute approximate surface area is 134 Å². The zero-order chi connectivity index (χ0) is 16.2. The van der Waals surface area contributed by atoms with E-state index in [9.17, 15) is 4.79 Å². The Bertz CT molecular complexity index is 744. The smallest absolute Gasteiger partial charge is 0.242 e. The maximum absolute atomic E-state index is 12.3. The zero-order valence-corrected chi connectivity index (χ0v) is 13.4. The molecule has 0 spiro atoms. The number of nitrogens with one attached hydrogen (secondary N) is 2. The molecule has 6 nitrogen and oxygen atoms in total. The lowest BCUT2D eigenvalue weighted by Crippen LogP contribution is -2.35. The van der Waals surface area contributed by atoms with Gasteiger partial charge in [-0.25, -0.2) is 4.98 Å². The Morgan fingerprint density at radius 3 is 2.87 bits per heavy atom. The van der Waals surface area contributed by atoms with Crippen molar-refractivity contribution in [2.24, 2.45) is 5.92 Å². The van der Waals surface area contributed by atoms with E-state index in [0.29, 0.717) is 0 Å². The van der Waals surface area contributed by atoms with Gasteiger partial charge in [0.2, 0.25) is 5.91 Å². The highest BCUT2D eigenvalue weighted by molar-refractivity contribution is 5.77. The molecule has 6 heteroatoms. The lowest BCUT2D eigenvalue weighted by atomic mass is 9.98. The fourth-order valence-electron chi connectivity index (χ4n) is 2.60. The third kappa shape index (κ3) is 3.41. The largest absolute Gasteiger partial charge is 0.344 e. The molecule has 0 saturated heterocycles. The molecule has 0 aliphatic rings. The van der Waals surface area contributed by atoms with Crippen molar-refractivity contribution < 1.29 is 4.79 Å². The molecule has 1 amide bonds. The van der Waals surface area contributed by atoms with Crippen molar-refractivity contribution >= 4 is 16.9 Å². The van der Waals surface area contributed by atoms with E-state index in [4.69, 9.17) is 0 Å². The van der Waals surface area contributed by atoms with Crippen LogP contribution in [0.2, 0.25) is 0 Å². The molecule has 0 radical (unpaired) electrons. The second kappa shape index (κ2) is 6.64. The van der Waals surface area contributed by atoms with Crippen LogP contribution < -0.4 is 5.32 Å². The summed E-state index contributed by atoms with van der Waals surface area (Å²) in [5, 5.41) is 7.16. The molecule has 0 saturated carbocycles. The monoisotopic (exact) mass is 311 g/mol. The number of aromatic amines is 1. The van der Waals surface area contributed by atoms with Gasteiger partial charge in [-0.15, -0.1) is 0 Å². The lowest BCUT2D eigenvalue weighted by Gasteiger charge is -2.22. The molecule has 2 atom stereocenters. The van der Waals surface area contributed by atoms with Crippen LogP contribution in [0.25, 0.3) is 11.0 Å². The van der Waals surface area contributed by atoms with Crippen LogP contribution in [0.1, 0.15) is 32.1 Å². The number of aromatic nitrogens is 4. The molecule has 0 aliphatic carbocycles. The molecule has 0 fully saturated rings. The number of carbonyl (C=O) groups excluding carboxylic acids is 1. The molecule has 2 N–H and O–H groups in total. The Morgan fingerprint density at radius 2 is 2.17 bits per heavy atom. The summed E-state index contributed by atoms with van der Waals surface area (Å²) in [6.45, 7) is 4.44. The first-order valence-electron chi connectivity index (χ1n) is 7.88. The van der Waals surface area contributed by atoms with Gasteiger partial charge in [0.25, 0.3) is 0 Å². The summed E-state index contributed by atoms with van der Waals surface area (Å²) in [6, 6.07) is 9.55. The van der Waals surface area contributed by atoms with Crippen molar-refractivity contribution in [2.45, 2.75) is 32.9 Å². The van der Waals surface area contributed by atoms with Crippen LogP contribution in [0.4, 0.5) is 0 Å². The molecule has 23 heavy (non-hydrogen) atoms. The summed E-state index contributed by atoms with van der Waals surface area (Å²) in [4.78, 5) is 20.3. The van der Waals surface area contributed by atoms with Crippen LogP contribution in [0.3, 0.4) is 0 Å². The van der Waals surface area contributed by atoms with E-state index in [2.05, 4.69) is 34.2 Å². The molecule has 1 aromatic carbocycles. The second-order valence-electron chi connectivity index (χ2n) is 5.77. The maximum Gasteiger partial charge on any atom is 0.242 e. The summed E-state index contributed by atoms with van der Waals surface area (Å²) >= 11 is 0. The van der Waals surface area contributed by atoms with Crippen molar-refractivity contribution in [3.05, 3.63) is 48.5 Å². The molecule has 3 aromatic rings. The minimum absolute atomic E-state index is 0.0699. The van der Waals surface area contributed by atoms with Crippen molar-refractivity contribution in [1.82, 2.24) is 25.1 Å². The molecule has 2 heterocycles. The minimum Gasteiger partial charge on any atom is -0.344 e. The summed E-state index contributed by atoms with van der Waals surface area (Å²) in [5.41, 5.74) is 1.90. The number of para-hydroxylation sites is 2. The quantitative estimate of drug-likeness (QED) is 0.735. The van der Waals surface area contributed by atoms with Crippen molar-refractivity contribution in [2.75, 3.05) is 0 Å². The fourth-order valence-corrected chi connectivity index (χ4v) is 2.60. The van der Waals surface area contributed by atoms with Gasteiger partial charge >= 0.3 is 0 Å². The van der Waals surface area contributed by atoms with Gasteiger partial charge in [-0.1, -0.05) is 32.4 Å². The number of H-pyrrole nitrogens is 1. The normalized spacial score (nSPS) is 13.8. The molecule has 2 aromatic heterocycles. The highest BCUT2D eigenvalue weighted by Crippen LogP contribution is 2.24. The number of benzene rings is 1. The van der Waals surface area contributed by atoms with Crippen LogP contribution in [0.15, 0.2) is 42.7 Å². The predicted octanol–water partition coefficient (Wildman–Crippen LogP) is 2.66. The van der Waals surface area contributed by atoms with Gasteiger partial charge in [-0.2, -0.15) is 5.10 Å². The number of hydrogen-bond donors (Lipinski definition) is 2. The molecular formula is C17H21N5O. The Balaban J connectivity index is 1.81. The topological polar surface area (TPSA) is 75.6 Å². The lowest BCUT2D eigenvalue weighted by molar-refractivity contribution is -0.123. The van der Waals surface area contributed by atoms with Crippen LogP contribution >= 0.6 is 0 Å². The van der Waals surface area contributed by atoms with Crippen molar-refractivity contribution in [3.63, 3.8) is 0 Å². The number of imidazole rings is 1. The van der Waals surface area contributed by atoms with Gasteiger partial charge in [0.15, 0.2) is 0 Å². The molecule has 3 rings (SSSR count). The standard InChI is InChI=1S/C17H21N5O/c1-3-12(2)16(21-15(23)11-22-10-6-9-18-22)17-19-13-7-4-5-8-14(13)20-17/h4-10,12,16H,3,11H2,1-2H3,(H,19,20)(H,21,23)/t12-,16+/m0/s1.